The van der Waals surface area contributed by atoms with Crippen LogP contribution in [-0.4, -0.2) is 33.1 Å². The van der Waals surface area contributed by atoms with Crippen LogP contribution >= 0.6 is 0 Å². The maximum atomic E-state index is 12.3. The molecule has 20 heavy (non-hydrogen) atoms. The first-order valence-corrected chi connectivity index (χ1v) is 7.05. The molecule has 0 aliphatic heterocycles. The molecule has 0 bridgehead atoms. The van der Waals surface area contributed by atoms with Crippen molar-refractivity contribution in [2.75, 3.05) is 6.61 Å². The van der Waals surface area contributed by atoms with Gasteiger partial charge in [-0.2, -0.15) is 0 Å². The number of amides is 1. The molecule has 1 saturated carbocycles. The van der Waals surface area contributed by atoms with Crippen LogP contribution < -0.4 is 5.32 Å². The van der Waals surface area contributed by atoms with Crippen LogP contribution in [0.2, 0.25) is 0 Å². The molecule has 1 aliphatic carbocycles. The monoisotopic (exact) mass is 277 g/mol. The molecule has 2 N–H and O–H groups in total. The molecule has 1 fully saturated rings. The number of nitrogens with one attached hydrogen (secondary N) is 1. The third kappa shape index (κ3) is 3.33. The Bertz CT molecular complexity index is 475. The zero-order chi connectivity index (χ0) is 14.8. The molecule has 1 heterocycles. The van der Waals surface area contributed by atoms with E-state index in [0.29, 0.717) is 5.92 Å². The normalized spacial score (nSPS) is 28.9. The predicted octanol–water partition coefficient (Wildman–Crippen LogP) is 1.78. The van der Waals surface area contributed by atoms with Gasteiger partial charge in [-0.15, -0.1) is 0 Å². The van der Waals surface area contributed by atoms with Crippen LogP contribution in [0.1, 0.15) is 50.5 Å². The van der Waals surface area contributed by atoms with E-state index in [1.54, 1.807) is 0 Å². The standard InChI is InChI=1S/C15H23N3O2/c1-11-6-14(2,3)9-15(7-11,10-19)18-13(20)12-8-16-4-5-17-12/h4-5,8,11,19H,6-7,9-10H2,1-3H3,(H,18,20)/t11-,15-/m0/s1. The van der Waals surface area contributed by atoms with E-state index in [-0.39, 0.29) is 23.6 Å². The Morgan fingerprint density at radius 2 is 2.20 bits per heavy atom. The highest BCUT2D eigenvalue weighted by atomic mass is 16.3. The van der Waals surface area contributed by atoms with Crippen LogP contribution in [0.4, 0.5) is 0 Å². The summed E-state index contributed by atoms with van der Waals surface area (Å²) in [5.74, 6) is 0.199. The van der Waals surface area contributed by atoms with Gasteiger partial charge < -0.3 is 10.4 Å². The summed E-state index contributed by atoms with van der Waals surface area (Å²) in [5, 5.41) is 12.8. The van der Waals surface area contributed by atoms with E-state index in [0.717, 1.165) is 19.3 Å². The number of rotatable bonds is 3. The van der Waals surface area contributed by atoms with Gasteiger partial charge >= 0.3 is 0 Å². The molecule has 1 amide bonds. The molecular formula is C15H23N3O2. The van der Waals surface area contributed by atoms with Gasteiger partial charge in [-0.25, -0.2) is 4.98 Å². The average Bonchev–Trinajstić information content (AvgIpc) is 2.37. The van der Waals surface area contributed by atoms with Gasteiger partial charge in [-0.1, -0.05) is 20.8 Å². The molecule has 1 aromatic rings. The summed E-state index contributed by atoms with van der Waals surface area (Å²) in [6.45, 7) is 6.48. The number of carbonyl (C=O) groups excluding carboxylic acids is 1. The van der Waals surface area contributed by atoms with E-state index in [9.17, 15) is 9.90 Å². The highest BCUT2D eigenvalue weighted by Gasteiger charge is 2.43. The first-order valence-electron chi connectivity index (χ1n) is 7.05. The Morgan fingerprint density at radius 3 is 2.75 bits per heavy atom. The second-order valence-corrected chi connectivity index (χ2v) is 6.84. The lowest BCUT2D eigenvalue weighted by atomic mass is 9.64. The molecule has 0 aromatic carbocycles. The second kappa shape index (κ2) is 5.48. The molecule has 0 saturated heterocycles. The maximum absolute atomic E-state index is 12.3. The van der Waals surface area contributed by atoms with Crippen molar-refractivity contribution in [3.63, 3.8) is 0 Å². The summed E-state index contributed by atoms with van der Waals surface area (Å²) in [6.07, 6.45) is 7.14. The first kappa shape index (κ1) is 14.9. The Balaban J connectivity index is 2.17. The Hall–Kier alpha value is -1.49. The van der Waals surface area contributed by atoms with Gasteiger partial charge in [0.1, 0.15) is 5.69 Å². The van der Waals surface area contributed by atoms with E-state index < -0.39 is 5.54 Å². The van der Waals surface area contributed by atoms with Crippen LogP contribution in [0.3, 0.4) is 0 Å². The second-order valence-electron chi connectivity index (χ2n) is 6.84. The fourth-order valence-electron chi connectivity index (χ4n) is 3.72. The van der Waals surface area contributed by atoms with Gasteiger partial charge in [0.25, 0.3) is 5.91 Å². The zero-order valence-electron chi connectivity index (χ0n) is 12.4. The van der Waals surface area contributed by atoms with Crippen LogP contribution in [0.25, 0.3) is 0 Å². The van der Waals surface area contributed by atoms with Crippen LogP contribution in [0.5, 0.6) is 0 Å². The van der Waals surface area contributed by atoms with Crippen LogP contribution in [0.15, 0.2) is 18.6 Å². The Labute approximate surface area is 119 Å². The van der Waals surface area contributed by atoms with Crippen molar-refractivity contribution in [2.24, 2.45) is 11.3 Å². The smallest absolute Gasteiger partial charge is 0.271 e. The molecule has 1 aromatic heterocycles. The molecule has 0 spiro atoms. The molecule has 0 unspecified atom stereocenters. The van der Waals surface area contributed by atoms with Gasteiger partial charge in [0.2, 0.25) is 0 Å². The van der Waals surface area contributed by atoms with E-state index in [2.05, 4.69) is 36.1 Å². The van der Waals surface area contributed by atoms with Crippen molar-refractivity contribution in [1.29, 1.82) is 0 Å². The lowest BCUT2D eigenvalue weighted by Gasteiger charge is -2.47. The molecule has 5 heteroatoms. The molecule has 2 rings (SSSR count). The van der Waals surface area contributed by atoms with Gasteiger partial charge in [0, 0.05) is 12.4 Å². The Morgan fingerprint density at radius 1 is 1.45 bits per heavy atom. The highest BCUT2D eigenvalue weighted by molar-refractivity contribution is 5.92. The molecule has 1 aliphatic rings. The maximum Gasteiger partial charge on any atom is 0.271 e. The van der Waals surface area contributed by atoms with Crippen molar-refractivity contribution < 1.29 is 9.90 Å². The van der Waals surface area contributed by atoms with Crippen molar-refractivity contribution in [2.45, 2.75) is 45.6 Å². The largest absolute Gasteiger partial charge is 0.394 e. The van der Waals surface area contributed by atoms with Crippen molar-refractivity contribution in [3.05, 3.63) is 24.3 Å². The Kier molecular flexibility index (Phi) is 4.09. The average molecular weight is 277 g/mol. The fraction of sp³-hybridized carbons (Fsp3) is 0.667. The van der Waals surface area contributed by atoms with Crippen molar-refractivity contribution in [1.82, 2.24) is 15.3 Å². The number of aliphatic hydroxyl groups is 1. The lowest BCUT2D eigenvalue weighted by Crippen LogP contribution is -2.57. The minimum atomic E-state index is -0.560. The predicted molar refractivity (Wildman–Crippen MR) is 76.1 cm³/mol. The summed E-state index contributed by atoms with van der Waals surface area (Å²) >= 11 is 0. The molecule has 110 valence electrons. The van der Waals surface area contributed by atoms with Gasteiger partial charge in [0.05, 0.1) is 18.3 Å². The van der Waals surface area contributed by atoms with Gasteiger partial charge in [0.15, 0.2) is 0 Å². The quantitative estimate of drug-likeness (QED) is 0.883. The van der Waals surface area contributed by atoms with E-state index in [1.807, 2.05) is 0 Å². The summed E-state index contributed by atoms with van der Waals surface area (Å²) in [4.78, 5) is 20.2. The van der Waals surface area contributed by atoms with E-state index >= 15 is 0 Å². The van der Waals surface area contributed by atoms with E-state index in [1.165, 1.54) is 18.6 Å². The fourth-order valence-corrected chi connectivity index (χ4v) is 3.72. The van der Waals surface area contributed by atoms with Crippen molar-refractivity contribution >= 4 is 5.91 Å². The number of hydrogen-bond donors (Lipinski definition) is 2. The van der Waals surface area contributed by atoms with Gasteiger partial charge in [-0.05, 0) is 30.6 Å². The number of carbonyl (C=O) groups is 1. The summed E-state index contributed by atoms with van der Waals surface area (Å²) < 4.78 is 0. The molecule has 5 nitrogen and oxygen atoms in total. The molecule has 0 radical (unpaired) electrons. The van der Waals surface area contributed by atoms with Gasteiger partial charge in [-0.3, -0.25) is 9.78 Å². The number of aliphatic hydroxyl groups excluding tert-OH is 1. The number of hydrogen-bond acceptors (Lipinski definition) is 4. The summed E-state index contributed by atoms with van der Waals surface area (Å²) in [6, 6.07) is 0. The van der Waals surface area contributed by atoms with E-state index in [4.69, 9.17) is 0 Å². The topological polar surface area (TPSA) is 75.1 Å². The SMILES string of the molecule is C[C@H]1CC(C)(C)C[C@@](CO)(NC(=O)c2cnccn2)C1. The molecular weight excluding hydrogens is 254 g/mol. The first-order chi connectivity index (χ1) is 9.36. The third-order valence-corrected chi connectivity index (χ3v) is 3.93. The summed E-state index contributed by atoms with van der Waals surface area (Å²) in [5.41, 5.74) is -0.164. The number of aromatic nitrogens is 2. The van der Waals surface area contributed by atoms with Crippen LogP contribution in [0, 0.1) is 11.3 Å². The lowest BCUT2D eigenvalue weighted by molar-refractivity contribution is 0.0332. The number of nitrogens with zero attached hydrogens (tertiary/aromatic N) is 2. The van der Waals surface area contributed by atoms with Crippen LogP contribution in [-0.2, 0) is 0 Å². The minimum absolute atomic E-state index is 0.0488. The highest BCUT2D eigenvalue weighted by Crippen LogP contribution is 2.43. The van der Waals surface area contributed by atoms with Crippen molar-refractivity contribution in [3.8, 4) is 0 Å². The summed E-state index contributed by atoms with van der Waals surface area (Å²) in [7, 11) is 0. The molecule has 2 atom stereocenters. The zero-order valence-corrected chi connectivity index (χ0v) is 12.4. The minimum Gasteiger partial charge on any atom is -0.394 e. The third-order valence-electron chi connectivity index (χ3n) is 3.93.